The zero-order valence-corrected chi connectivity index (χ0v) is 20.5. The predicted octanol–water partition coefficient (Wildman–Crippen LogP) is 2.92. The number of thiocarbonyl (C=S) groups is 1. The molecule has 1 fully saturated rings. The van der Waals surface area contributed by atoms with E-state index < -0.39 is 17.9 Å². The fourth-order valence-electron chi connectivity index (χ4n) is 3.53. The summed E-state index contributed by atoms with van der Waals surface area (Å²) in [5, 5.41) is 5.65. The van der Waals surface area contributed by atoms with Crippen molar-refractivity contribution in [2.45, 2.75) is 71.9 Å². The van der Waals surface area contributed by atoms with Gasteiger partial charge in [-0.15, -0.1) is 0 Å². The van der Waals surface area contributed by atoms with Gasteiger partial charge >= 0.3 is 5.97 Å². The van der Waals surface area contributed by atoms with Crippen molar-refractivity contribution in [3.8, 4) is 0 Å². The van der Waals surface area contributed by atoms with Crippen molar-refractivity contribution in [3.63, 3.8) is 0 Å². The van der Waals surface area contributed by atoms with Gasteiger partial charge < -0.3 is 20.3 Å². The first-order valence-corrected chi connectivity index (χ1v) is 11.7. The Balaban J connectivity index is 2.02. The van der Waals surface area contributed by atoms with Crippen LogP contribution in [-0.4, -0.2) is 53.0 Å². The lowest BCUT2D eigenvalue weighted by Crippen LogP contribution is -2.60. The number of benzene rings is 1. The summed E-state index contributed by atoms with van der Waals surface area (Å²) in [7, 11) is 0. The maximum absolute atomic E-state index is 12.8. The van der Waals surface area contributed by atoms with Crippen molar-refractivity contribution in [1.82, 2.24) is 15.5 Å². The zero-order chi connectivity index (χ0) is 23.8. The first-order valence-electron chi connectivity index (χ1n) is 11.3. The molecular weight excluding hydrogens is 426 g/mol. The molecule has 3 atom stereocenters. The Morgan fingerprint density at radius 2 is 1.88 bits per heavy atom. The van der Waals surface area contributed by atoms with Crippen molar-refractivity contribution in [3.05, 3.63) is 35.4 Å². The number of amides is 2. The number of ether oxygens (including phenoxy) is 1. The molecule has 1 aromatic carbocycles. The maximum atomic E-state index is 12.8. The maximum Gasteiger partial charge on any atom is 0.308 e. The van der Waals surface area contributed by atoms with Gasteiger partial charge in [0.2, 0.25) is 11.8 Å². The molecule has 2 N–H and O–H groups in total. The van der Waals surface area contributed by atoms with Gasteiger partial charge in [-0.2, -0.15) is 0 Å². The second-order valence-corrected chi connectivity index (χ2v) is 9.16. The molecule has 1 aromatic rings. The van der Waals surface area contributed by atoms with Gasteiger partial charge in [0.15, 0.2) is 5.11 Å². The molecule has 8 heteroatoms. The Hall–Kier alpha value is -2.48. The highest BCUT2D eigenvalue weighted by atomic mass is 32.1. The van der Waals surface area contributed by atoms with Gasteiger partial charge in [-0.25, -0.2) is 0 Å². The topological polar surface area (TPSA) is 87.7 Å². The number of esters is 1. The number of piperazine rings is 1. The lowest BCUT2D eigenvalue weighted by atomic mass is 9.96. The molecule has 2 rings (SSSR count). The molecule has 0 spiro atoms. The van der Waals surface area contributed by atoms with Crippen molar-refractivity contribution < 1.29 is 19.1 Å². The van der Waals surface area contributed by atoms with E-state index in [2.05, 4.69) is 24.5 Å². The van der Waals surface area contributed by atoms with Crippen LogP contribution in [0, 0.1) is 5.92 Å². The Morgan fingerprint density at radius 1 is 1.22 bits per heavy atom. The third-order valence-electron chi connectivity index (χ3n) is 5.61. The molecule has 3 unspecified atom stereocenters. The minimum Gasteiger partial charge on any atom is -0.463 e. The molecule has 0 bridgehead atoms. The van der Waals surface area contributed by atoms with Crippen molar-refractivity contribution in [2.24, 2.45) is 5.92 Å². The van der Waals surface area contributed by atoms with Gasteiger partial charge in [-0.05, 0) is 56.0 Å². The molecule has 2 amide bonds. The Labute approximate surface area is 196 Å². The standard InChI is InChI=1S/C24H35N3O4S/c1-6-16(4)31-21(28)14-20-23(30)25-11-12-27(20)24(32)26-22(29)17(5)19-9-7-18(8-10-19)13-15(2)3/h7-10,15-17,20H,6,11-14H2,1-5H3,(H,25,30)(H,26,29,32). The minimum atomic E-state index is -0.807. The lowest BCUT2D eigenvalue weighted by molar-refractivity contribution is -0.151. The lowest BCUT2D eigenvalue weighted by Gasteiger charge is -2.36. The van der Waals surface area contributed by atoms with Crippen LogP contribution in [0.3, 0.4) is 0 Å². The number of nitrogens with one attached hydrogen (secondary N) is 2. The summed E-state index contributed by atoms with van der Waals surface area (Å²) in [4.78, 5) is 39.1. The summed E-state index contributed by atoms with van der Waals surface area (Å²) >= 11 is 5.44. The quantitative estimate of drug-likeness (QED) is 0.457. The Morgan fingerprint density at radius 3 is 2.47 bits per heavy atom. The van der Waals surface area contributed by atoms with E-state index in [9.17, 15) is 14.4 Å². The fraction of sp³-hybridized carbons (Fsp3) is 0.583. The predicted molar refractivity (Wildman–Crippen MR) is 128 cm³/mol. The Bertz CT molecular complexity index is 825. The van der Waals surface area contributed by atoms with Crippen LogP contribution in [-0.2, 0) is 25.5 Å². The molecule has 0 radical (unpaired) electrons. The van der Waals surface area contributed by atoms with Gasteiger partial charge in [0.1, 0.15) is 6.04 Å². The number of carbonyl (C=O) groups is 3. The molecule has 1 aliphatic heterocycles. The van der Waals surface area contributed by atoms with E-state index in [0.29, 0.717) is 25.4 Å². The van der Waals surface area contributed by atoms with Crippen LogP contribution in [0.5, 0.6) is 0 Å². The first kappa shape index (κ1) is 25.8. The SMILES string of the molecule is CCC(C)OC(=O)CC1C(=O)NCCN1C(=S)NC(=O)C(C)c1ccc(CC(C)C)cc1. The molecule has 7 nitrogen and oxygen atoms in total. The Kier molecular flexibility index (Phi) is 9.62. The van der Waals surface area contributed by atoms with E-state index in [1.807, 2.05) is 38.1 Å². The average molecular weight is 462 g/mol. The fourth-order valence-corrected chi connectivity index (χ4v) is 3.84. The number of carbonyl (C=O) groups excluding carboxylic acids is 3. The van der Waals surface area contributed by atoms with Crippen LogP contribution in [0.25, 0.3) is 0 Å². The molecule has 32 heavy (non-hydrogen) atoms. The molecule has 1 heterocycles. The van der Waals surface area contributed by atoms with E-state index >= 15 is 0 Å². The summed E-state index contributed by atoms with van der Waals surface area (Å²) in [5.41, 5.74) is 2.13. The van der Waals surface area contributed by atoms with Gasteiger partial charge in [-0.3, -0.25) is 14.4 Å². The van der Waals surface area contributed by atoms with Gasteiger partial charge in [0.25, 0.3) is 0 Å². The molecule has 1 saturated heterocycles. The summed E-state index contributed by atoms with van der Waals surface area (Å²) < 4.78 is 5.31. The third kappa shape index (κ3) is 7.29. The number of hydrogen-bond donors (Lipinski definition) is 2. The number of rotatable bonds is 8. The monoisotopic (exact) mass is 461 g/mol. The van der Waals surface area contributed by atoms with Crippen LogP contribution in [0.4, 0.5) is 0 Å². The number of hydrogen-bond acceptors (Lipinski definition) is 5. The van der Waals surface area contributed by atoms with Crippen LogP contribution in [0.15, 0.2) is 24.3 Å². The first-order chi connectivity index (χ1) is 15.1. The van der Waals surface area contributed by atoms with Gasteiger partial charge in [-0.1, -0.05) is 45.0 Å². The van der Waals surface area contributed by atoms with E-state index in [0.717, 1.165) is 12.0 Å². The highest BCUT2D eigenvalue weighted by Gasteiger charge is 2.34. The minimum absolute atomic E-state index is 0.126. The van der Waals surface area contributed by atoms with Crippen molar-refractivity contribution in [1.29, 1.82) is 0 Å². The van der Waals surface area contributed by atoms with E-state index in [-0.39, 0.29) is 29.5 Å². The zero-order valence-electron chi connectivity index (χ0n) is 19.6. The van der Waals surface area contributed by atoms with Gasteiger partial charge in [0, 0.05) is 13.1 Å². The second-order valence-electron chi connectivity index (χ2n) is 8.77. The molecule has 0 aliphatic carbocycles. The number of nitrogens with zero attached hydrogens (tertiary/aromatic N) is 1. The highest BCUT2D eigenvalue weighted by molar-refractivity contribution is 7.80. The summed E-state index contributed by atoms with van der Waals surface area (Å²) in [6.07, 6.45) is 1.33. The highest BCUT2D eigenvalue weighted by Crippen LogP contribution is 2.19. The van der Waals surface area contributed by atoms with Crippen molar-refractivity contribution >= 4 is 35.1 Å². The molecule has 0 aromatic heterocycles. The van der Waals surface area contributed by atoms with Crippen LogP contribution < -0.4 is 10.6 Å². The molecule has 0 saturated carbocycles. The molecular formula is C24H35N3O4S. The normalized spacial score (nSPS) is 18.0. The van der Waals surface area contributed by atoms with E-state index in [4.69, 9.17) is 17.0 Å². The van der Waals surface area contributed by atoms with Crippen LogP contribution >= 0.6 is 12.2 Å². The smallest absolute Gasteiger partial charge is 0.308 e. The summed E-state index contributed by atoms with van der Waals surface area (Å²) in [6, 6.07) is 7.22. The van der Waals surface area contributed by atoms with E-state index in [1.54, 1.807) is 11.8 Å². The average Bonchev–Trinajstić information content (AvgIpc) is 2.74. The second kappa shape index (κ2) is 11.9. The van der Waals surface area contributed by atoms with Crippen LogP contribution in [0.2, 0.25) is 0 Å². The third-order valence-corrected chi connectivity index (χ3v) is 5.94. The van der Waals surface area contributed by atoms with Crippen molar-refractivity contribution in [2.75, 3.05) is 13.1 Å². The van der Waals surface area contributed by atoms with Crippen LogP contribution in [0.1, 0.15) is 64.5 Å². The molecule has 176 valence electrons. The summed E-state index contributed by atoms with van der Waals surface area (Å²) in [6.45, 7) is 10.7. The van der Waals surface area contributed by atoms with Gasteiger partial charge in [0.05, 0.1) is 18.4 Å². The molecule has 1 aliphatic rings. The van der Waals surface area contributed by atoms with E-state index in [1.165, 1.54) is 5.56 Å². The summed E-state index contributed by atoms with van der Waals surface area (Å²) in [5.74, 6) is -0.860. The largest absolute Gasteiger partial charge is 0.463 e.